The van der Waals surface area contributed by atoms with E-state index >= 15 is 0 Å². The highest BCUT2D eigenvalue weighted by atomic mass is 16.3. The summed E-state index contributed by atoms with van der Waals surface area (Å²) in [5.41, 5.74) is 13.6. The fraction of sp³-hybridized carbons (Fsp3) is 0. The number of nitrogens with two attached hydrogens (primary N) is 1. The number of anilines is 1. The van der Waals surface area contributed by atoms with Crippen LogP contribution in [0.25, 0.3) is 55.6 Å². The van der Waals surface area contributed by atoms with Crippen LogP contribution in [0.1, 0.15) is 0 Å². The number of H-pyrrole nitrogens is 2. The van der Waals surface area contributed by atoms with Gasteiger partial charge in [-0.15, -0.1) is 0 Å². The third-order valence-electron chi connectivity index (χ3n) is 5.14. The van der Waals surface area contributed by atoms with Gasteiger partial charge in [-0.2, -0.15) is 5.10 Å². The molecular weight excluding hydrogens is 378 g/mol. The molecule has 6 aromatic heterocycles. The number of nitrogen functional groups attached to an aromatic ring is 1. The molecular formula is C22H15N7O. The summed E-state index contributed by atoms with van der Waals surface area (Å²) < 4.78 is 5.24. The molecule has 0 saturated carbocycles. The quantitative estimate of drug-likeness (QED) is 0.409. The van der Waals surface area contributed by atoms with E-state index in [1.807, 2.05) is 24.4 Å². The summed E-state index contributed by atoms with van der Waals surface area (Å²) in [7, 11) is 0. The zero-order chi connectivity index (χ0) is 20.1. The topological polar surface area (TPSA) is 122 Å². The fourth-order valence-electron chi connectivity index (χ4n) is 3.71. The van der Waals surface area contributed by atoms with Crippen molar-refractivity contribution < 1.29 is 4.42 Å². The minimum Gasteiger partial charge on any atom is -0.472 e. The van der Waals surface area contributed by atoms with Gasteiger partial charge in [0.05, 0.1) is 35.6 Å². The molecule has 0 aliphatic carbocycles. The van der Waals surface area contributed by atoms with Crippen LogP contribution in [-0.2, 0) is 0 Å². The second-order valence-corrected chi connectivity index (χ2v) is 7.04. The first-order valence-electron chi connectivity index (χ1n) is 9.31. The molecule has 4 N–H and O–H groups in total. The van der Waals surface area contributed by atoms with Crippen LogP contribution < -0.4 is 5.73 Å². The van der Waals surface area contributed by atoms with E-state index < -0.39 is 0 Å². The Morgan fingerprint density at radius 2 is 1.77 bits per heavy atom. The van der Waals surface area contributed by atoms with Gasteiger partial charge in [0.25, 0.3) is 0 Å². The van der Waals surface area contributed by atoms with Crippen LogP contribution in [-0.4, -0.2) is 30.1 Å². The van der Waals surface area contributed by atoms with Gasteiger partial charge in [-0.25, -0.2) is 4.98 Å². The molecule has 0 bridgehead atoms. The predicted molar refractivity (Wildman–Crippen MR) is 114 cm³/mol. The average molecular weight is 393 g/mol. The Morgan fingerprint density at radius 3 is 2.63 bits per heavy atom. The van der Waals surface area contributed by atoms with Crippen molar-refractivity contribution >= 4 is 27.6 Å². The molecule has 0 amide bonds. The monoisotopic (exact) mass is 393 g/mol. The Kier molecular flexibility index (Phi) is 3.45. The van der Waals surface area contributed by atoms with E-state index in [2.05, 4.69) is 36.2 Å². The third-order valence-corrected chi connectivity index (χ3v) is 5.14. The van der Waals surface area contributed by atoms with Crippen molar-refractivity contribution in [1.82, 2.24) is 30.1 Å². The number of nitrogens with one attached hydrogen (secondary N) is 2. The van der Waals surface area contributed by atoms with E-state index in [1.165, 1.54) is 0 Å². The maximum Gasteiger partial charge on any atom is 0.155 e. The summed E-state index contributed by atoms with van der Waals surface area (Å²) in [4.78, 5) is 16.5. The van der Waals surface area contributed by atoms with Crippen LogP contribution in [0.4, 0.5) is 5.69 Å². The summed E-state index contributed by atoms with van der Waals surface area (Å²) >= 11 is 0. The molecule has 0 aliphatic rings. The van der Waals surface area contributed by atoms with Crippen LogP contribution in [0, 0.1) is 0 Å². The minimum absolute atomic E-state index is 0.606. The SMILES string of the molecule is Nc1cncc(-c2cnc3[nH]nc(-c4cc5c(-c6ccoc6)cncc5[nH]4)c3c2)c1. The summed E-state index contributed by atoms with van der Waals surface area (Å²) in [5, 5.41) is 9.46. The van der Waals surface area contributed by atoms with Gasteiger partial charge in [0.2, 0.25) is 0 Å². The number of hydrogen-bond acceptors (Lipinski definition) is 6. The van der Waals surface area contributed by atoms with Gasteiger partial charge >= 0.3 is 0 Å². The number of rotatable bonds is 3. The largest absolute Gasteiger partial charge is 0.472 e. The maximum absolute atomic E-state index is 5.89. The Morgan fingerprint density at radius 1 is 0.867 bits per heavy atom. The number of nitrogens with zero attached hydrogens (tertiary/aromatic N) is 4. The smallest absolute Gasteiger partial charge is 0.155 e. The maximum atomic E-state index is 5.89. The summed E-state index contributed by atoms with van der Waals surface area (Å²) in [6.07, 6.45) is 12.2. The normalized spacial score (nSPS) is 11.5. The second-order valence-electron chi connectivity index (χ2n) is 7.04. The molecule has 6 aromatic rings. The van der Waals surface area contributed by atoms with E-state index in [9.17, 15) is 0 Å². The standard InChI is InChI=1S/C22H15N7O/c23-15-3-13(6-24-8-15)14-4-17-21(28-29-22(17)26-7-14)19-5-16-18(12-1-2-30-11-12)9-25-10-20(16)27-19/h1-11,27H,23H2,(H,26,28,29). The molecule has 144 valence electrons. The second kappa shape index (κ2) is 6.28. The van der Waals surface area contributed by atoms with Crippen LogP contribution in [0.15, 0.2) is 72.2 Å². The molecule has 8 heteroatoms. The first-order chi connectivity index (χ1) is 14.8. The van der Waals surface area contributed by atoms with Crippen molar-refractivity contribution in [1.29, 1.82) is 0 Å². The van der Waals surface area contributed by atoms with Gasteiger partial charge in [0.15, 0.2) is 5.65 Å². The molecule has 0 unspecified atom stereocenters. The van der Waals surface area contributed by atoms with Crippen LogP contribution in [0.2, 0.25) is 0 Å². The van der Waals surface area contributed by atoms with Crippen molar-refractivity contribution in [2.24, 2.45) is 0 Å². The van der Waals surface area contributed by atoms with Crippen LogP contribution in [0.3, 0.4) is 0 Å². The lowest BCUT2D eigenvalue weighted by molar-refractivity contribution is 0.568. The first kappa shape index (κ1) is 16.5. The minimum atomic E-state index is 0.606. The summed E-state index contributed by atoms with van der Waals surface area (Å²) in [6.45, 7) is 0. The van der Waals surface area contributed by atoms with E-state index in [0.29, 0.717) is 11.3 Å². The van der Waals surface area contributed by atoms with Crippen molar-refractivity contribution in [3.05, 3.63) is 67.8 Å². The lowest BCUT2D eigenvalue weighted by Crippen LogP contribution is -1.88. The molecule has 0 atom stereocenters. The van der Waals surface area contributed by atoms with Gasteiger partial charge in [0.1, 0.15) is 5.69 Å². The molecule has 0 saturated heterocycles. The Hall–Kier alpha value is -4.46. The highest BCUT2D eigenvalue weighted by Gasteiger charge is 2.15. The zero-order valence-corrected chi connectivity index (χ0v) is 15.6. The van der Waals surface area contributed by atoms with E-state index in [-0.39, 0.29) is 0 Å². The first-order valence-corrected chi connectivity index (χ1v) is 9.31. The molecule has 0 aliphatic heterocycles. The third kappa shape index (κ3) is 2.55. The zero-order valence-electron chi connectivity index (χ0n) is 15.6. The van der Waals surface area contributed by atoms with E-state index in [1.54, 1.807) is 37.3 Å². The van der Waals surface area contributed by atoms with Crippen molar-refractivity contribution in [3.63, 3.8) is 0 Å². The highest BCUT2D eigenvalue weighted by Crippen LogP contribution is 2.34. The van der Waals surface area contributed by atoms with Gasteiger partial charge in [-0.3, -0.25) is 15.1 Å². The Labute approximate surface area is 169 Å². The number of fused-ring (bicyclic) bond motifs is 2. The van der Waals surface area contributed by atoms with E-state index in [4.69, 9.17) is 10.2 Å². The Bertz CT molecular complexity index is 1510. The van der Waals surface area contributed by atoms with Gasteiger partial charge in [-0.05, 0) is 24.3 Å². The average Bonchev–Trinajstić information content (AvgIpc) is 3.51. The molecule has 30 heavy (non-hydrogen) atoms. The van der Waals surface area contributed by atoms with Crippen molar-refractivity contribution in [2.45, 2.75) is 0 Å². The highest BCUT2D eigenvalue weighted by molar-refractivity contribution is 6.00. The summed E-state index contributed by atoms with van der Waals surface area (Å²) in [6, 6.07) is 7.91. The lowest BCUT2D eigenvalue weighted by Gasteiger charge is -2.02. The lowest BCUT2D eigenvalue weighted by atomic mass is 10.1. The molecule has 6 rings (SSSR count). The number of aromatic amines is 2. The van der Waals surface area contributed by atoms with Gasteiger partial charge < -0.3 is 15.1 Å². The number of hydrogen-bond donors (Lipinski definition) is 3. The summed E-state index contributed by atoms with van der Waals surface area (Å²) in [5.74, 6) is 0. The number of pyridine rings is 3. The van der Waals surface area contributed by atoms with E-state index in [0.717, 1.165) is 49.9 Å². The van der Waals surface area contributed by atoms with Gasteiger partial charge in [0, 0.05) is 57.8 Å². The van der Waals surface area contributed by atoms with Crippen LogP contribution in [0.5, 0.6) is 0 Å². The Balaban J connectivity index is 1.52. The molecule has 6 heterocycles. The molecule has 0 radical (unpaired) electrons. The van der Waals surface area contributed by atoms with Crippen LogP contribution >= 0.6 is 0 Å². The number of furan rings is 1. The fourth-order valence-corrected chi connectivity index (χ4v) is 3.71. The molecule has 0 aromatic carbocycles. The number of aromatic nitrogens is 6. The molecule has 0 spiro atoms. The van der Waals surface area contributed by atoms with Crippen molar-refractivity contribution in [3.8, 4) is 33.6 Å². The van der Waals surface area contributed by atoms with Gasteiger partial charge in [-0.1, -0.05) is 0 Å². The molecule has 0 fully saturated rings. The van der Waals surface area contributed by atoms with Crippen molar-refractivity contribution in [2.75, 3.05) is 5.73 Å². The predicted octanol–water partition coefficient (Wildman–Crippen LogP) is 4.41. The molecule has 8 nitrogen and oxygen atoms in total.